The molecule has 1 rings (SSSR count). The SMILES string of the molecule is CCN(CC)CCNC(=O)c1cnc(C(C)(C)C)s1. The Kier molecular flexibility index (Phi) is 5.94. The number of nitrogens with one attached hydrogen (secondary N) is 1. The van der Waals surface area contributed by atoms with E-state index in [2.05, 4.69) is 49.8 Å². The lowest BCUT2D eigenvalue weighted by molar-refractivity contribution is 0.0953. The number of nitrogens with zero attached hydrogens (tertiary/aromatic N) is 2. The van der Waals surface area contributed by atoms with E-state index in [1.54, 1.807) is 6.20 Å². The average molecular weight is 283 g/mol. The van der Waals surface area contributed by atoms with Gasteiger partial charge in [0.25, 0.3) is 5.91 Å². The van der Waals surface area contributed by atoms with Crippen molar-refractivity contribution in [1.29, 1.82) is 0 Å². The Morgan fingerprint density at radius 2 is 2.00 bits per heavy atom. The largest absolute Gasteiger partial charge is 0.350 e. The number of thiazole rings is 1. The molecule has 0 aliphatic carbocycles. The molecular formula is C14H25N3OS. The van der Waals surface area contributed by atoms with E-state index in [0.717, 1.165) is 24.6 Å². The highest BCUT2D eigenvalue weighted by Gasteiger charge is 2.20. The number of hydrogen-bond donors (Lipinski definition) is 1. The Labute approximate surface area is 120 Å². The van der Waals surface area contributed by atoms with Crippen LogP contribution in [0, 0.1) is 0 Å². The van der Waals surface area contributed by atoms with Crippen molar-refractivity contribution in [2.45, 2.75) is 40.0 Å². The zero-order chi connectivity index (χ0) is 14.5. The summed E-state index contributed by atoms with van der Waals surface area (Å²) in [6, 6.07) is 0. The van der Waals surface area contributed by atoms with E-state index >= 15 is 0 Å². The predicted octanol–water partition coefficient (Wildman–Crippen LogP) is 2.51. The van der Waals surface area contributed by atoms with Gasteiger partial charge >= 0.3 is 0 Å². The van der Waals surface area contributed by atoms with Crippen molar-refractivity contribution in [2.75, 3.05) is 26.2 Å². The molecule has 0 aliphatic heterocycles. The Morgan fingerprint density at radius 1 is 1.37 bits per heavy atom. The van der Waals surface area contributed by atoms with Gasteiger partial charge in [-0.05, 0) is 13.1 Å². The number of rotatable bonds is 6. The van der Waals surface area contributed by atoms with Crippen molar-refractivity contribution in [3.63, 3.8) is 0 Å². The summed E-state index contributed by atoms with van der Waals surface area (Å²) in [4.78, 5) is 19.3. The summed E-state index contributed by atoms with van der Waals surface area (Å²) < 4.78 is 0. The van der Waals surface area contributed by atoms with E-state index in [1.165, 1.54) is 11.3 Å². The second kappa shape index (κ2) is 7.01. The zero-order valence-electron chi connectivity index (χ0n) is 12.6. The molecule has 1 aromatic heterocycles. The third kappa shape index (κ3) is 4.91. The van der Waals surface area contributed by atoms with Crippen molar-refractivity contribution in [1.82, 2.24) is 15.2 Å². The van der Waals surface area contributed by atoms with Gasteiger partial charge < -0.3 is 10.2 Å². The second-order valence-corrected chi connectivity index (χ2v) is 6.59. The van der Waals surface area contributed by atoms with Gasteiger partial charge in [0.1, 0.15) is 4.88 Å². The smallest absolute Gasteiger partial charge is 0.263 e. The van der Waals surface area contributed by atoms with Gasteiger partial charge in [-0.3, -0.25) is 4.79 Å². The molecule has 1 heterocycles. The first-order chi connectivity index (χ1) is 8.88. The van der Waals surface area contributed by atoms with E-state index in [0.29, 0.717) is 11.4 Å². The summed E-state index contributed by atoms with van der Waals surface area (Å²) in [7, 11) is 0. The molecule has 5 heteroatoms. The molecule has 1 N–H and O–H groups in total. The molecule has 1 amide bonds. The van der Waals surface area contributed by atoms with E-state index in [4.69, 9.17) is 0 Å². The van der Waals surface area contributed by atoms with Gasteiger partial charge in [0, 0.05) is 18.5 Å². The molecule has 1 aromatic rings. The molecule has 0 atom stereocenters. The number of carbonyl (C=O) groups is 1. The van der Waals surface area contributed by atoms with E-state index in [-0.39, 0.29) is 11.3 Å². The molecule has 108 valence electrons. The minimum Gasteiger partial charge on any atom is -0.350 e. The lowest BCUT2D eigenvalue weighted by Gasteiger charge is -2.17. The summed E-state index contributed by atoms with van der Waals surface area (Å²) in [5.74, 6) is -0.0137. The number of carbonyl (C=O) groups excluding carboxylic acids is 1. The van der Waals surface area contributed by atoms with Gasteiger partial charge in [-0.2, -0.15) is 0 Å². The maximum absolute atomic E-state index is 12.0. The van der Waals surface area contributed by atoms with Crippen molar-refractivity contribution in [3.8, 4) is 0 Å². The highest BCUT2D eigenvalue weighted by molar-refractivity contribution is 7.13. The van der Waals surface area contributed by atoms with Gasteiger partial charge in [-0.1, -0.05) is 34.6 Å². The summed E-state index contributed by atoms with van der Waals surface area (Å²) in [5, 5.41) is 3.95. The van der Waals surface area contributed by atoms with Crippen LogP contribution in [0.25, 0.3) is 0 Å². The van der Waals surface area contributed by atoms with Crippen LogP contribution in [0.2, 0.25) is 0 Å². The van der Waals surface area contributed by atoms with Gasteiger partial charge in [-0.15, -0.1) is 11.3 Å². The topological polar surface area (TPSA) is 45.2 Å². The first-order valence-electron chi connectivity index (χ1n) is 6.85. The van der Waals surface area contributed by atoms with Crippen LogP contribution in [0.3, 0.4) is 0 Å². The lowest BCUT2D eigenvalue weighted by atomic mass is 9.98. The van der Waals surface area contributed by atoms with Gasteiger partial charge in [0.15, 0.2) is 0 Å². The molecule has 0 radical (unpaired) electrons. The van der Waals surface area contributed by atoms with Crippen molar-refractivity contribution in [3.05, 3.63) is 16.1 Å². The Hall–Kier alpha value is -0.940. The Balaban J connectivity index is 2.48. The number of amides is 1. The molecule has 0 unspecified atom stereocenters. The Bertz CT molecular complexity index is 405. The zero-order valence-corrected chi connectivity index (χ0v) is 13.4. The molecule has 19 heavy (non-hydrogen) atoms. The molecule has 0 bridgehead atoms. The molecular weight excluding hydrogens is 258 g/mol. The summed E-state index contributed by atoms with van der Waals surface area (Å²) in [6.07, 6.45) is 1.68. The van der Waals surface area contributed by atoms with Gasteiger partial charge in [0.2, 0.25) is 0 Å². The minimum atomic E-state index is -0.0137. The predicted molar refractivity (Wildman–Crippen MR) is 80.9 cm³/mol. The summed E-state index contributed by atoms with van der Waals surface area (Å²) in [5.41, 5.74) is 0.00438. The molecule has 0 saturated heterocycles. The normalized spacial score (nSPS) is 11.9. The number of likely N-dealkylation sites (N-methyl/N-ethyl adjacent to an activating group) is 1. The van der Waals surface area contributed by atoms with Crippen LogP contribution in [0.4, 0.5) is 0 Å². The van der Waals surface area contributed by atoms with Crippen molar-refractivity contribution in [2.24, 2.45) is 0 Å². The van der Waals surface area contributed by atoms with Crippen LogP contribution in [0.5, 0.6) is 0 Å². The molecule has 0 saturated carbocycles. The fourth-order valence-corrected chi connectivity index (χ4v) is 2.57. The monoisotopic (exact) mass is 283 g/mol. The highest BCUT2D eigenvalue weighted by atomic mass is 32.1. The maximum Gasteiger partial charge on any atom is 0.263 e. The second-order valence-electron chi connectivity index (χ2n) is 5.56. The van der Waals surface area contributed by atoms with Gasteiger partial charge in [-0.25, -0.2) is 4.98 Å². The summed E-state index contributed by atoms with van der Waals surface area (Å²) >= 11 is 1.48. The summed E-state index contributed by atoms with van der Waals surface area (Å²) in [6.45, 7) is 14.2. The van der Waals surface area contributed by atoms with Crippen LogP contribution in [0.15, 0.2) is 6.20 Å². The molecule has 0 fully saturated rings. The fourth-order valence-electron chi connectivity index (χ4n) is 1.68. The number of aromatic nitrogens is 1. The third-order valence-corrected chi connectivity index (χ3v) is 4.40. The maximum atomic E-state index is 12.0. The van der Waals surface area contributed by atoms with E-state index in [9.17, 15) is 4.79 Å². The quantitative estimate of drug-likeness (QED) is 0.872. The van der Waals surface area contributed by atoms with E-state index in [1.807, 2.05) is 0 Å². The van der Waals surface area contributed by atoms with Crippen LogP contribution >= 0.6 is 11.3 Å². The van der Waals surface area contributed by atoms with Crippen molar-refractivity contribution >= 4 is 17.2 Å². The number of hydrogen-bond acceptors (Lipinski definition) is 4. The van der Waals surface area contributed by atoms with E-state index < -0.39 is 0 Å². The van der Waals surface area contributed by atoms with Crippen molar-refractivity contribution < 1.29 is 4.79 Å². The molecule has 0 aromatic carbocycles. The van der Waals surface area contributed by atoms with Crippen LogP contribution in [-0.4, -0.2) is 42.0 Å². The highest BCUT2D eigenvalue weighted by Crippen LogP contribution is 2.26. The molecule has 4 nitrogen and oxygen atoms in total. The first-order valence-corrected chi connectivity index (χ1v) is 7.67. The first kappa shape index (κ1) is 16.1. The fraction of sp³-hybridized carbons (Fsp3) is 0.714. The van der Waals surface area contributed by atoms with Crippen LogP contribution in [-0.2, 0) is 5.41 Å². The average Bonchev–Trinajstić information content (AvgIpc) is 2.83. The molecule has 0 spiro atoms. The minimum absolute atomic E-state index is 0.00438. The Morgan fingerprint density at radius 3 is 2.47 bits per heavy atom. The standard InChI is InChI=1S/C14H25N3OS/c1-6-17(7-2)9-8-15-12(18)11-10-16-13(19-11)14(3,4)5/h10H,6-9H2,1-5H3,(H,15,18). The van der Waals surface area contributed by atoms with Gasteiger partial charge in [0.05, 0.1) is 11.2 Å². The van der Waals surface area contributed by atoms with Crippen LogP contribution < -0.4 is 5.32 Å². The molecule has 0 aliphatic rings. The lowest BCUT2D eigenvalue weighted by Crippen LogP contribution is -2.34. The van der Waals surface area contributed by atoms with Crippen LogP contribution in [0.1, 0.15) is 49.3 Å². The third-order valence-electron chi connectivity index (χ3n) is 2.98.